The predicted octanol–water partition coefficient (Wildman–Crippen LogP) is 2.00. The molecule has 0 spiro atoms. The maximum Gasteiger partial charge on any atom is 0.409 e. The van der Waals surface area contributed by atoms with Crippen molar-refractivity contribution >= 4 is 12.0 Å². The minimum absolute atomic E-state index is 0.124. The summed E-state index contributed by atoms with van der Waals surface area (Å²) in [7, 11) is 1.61. The van der Waals surface area contributed by atoms with E-state index in [4.69, 9.17) is 9.47 Å². The molecular weight excluding hydrogens is 336 g/mol. The molecule has 1 aliphatic heterocycles. The quantitative estimate of drug-likeness (QED) is 0.903. The van der Waals surface area contributed by atoms with Crippen molar-refractivity contribution in [2.45, 2.75) is 6.92 Å². The SMILES string of the molecule is CCOC(=O)N1CCN(C(=O)c2cc(-c3ccc(OC)cc3)n[nH]2)CC1. The van der Waals surface area contributed by atoms with Crippen LogP contribution in [0.1, 0.15) is 17.4 Å². The van der Waals surface area contributed by atoms with Crippen molar-refractivity contribution in [1.29, 1.82) is 0 Å². The number of amides is 2. The molecule has 3 rings (SSSR count). The second-order valence-electron chi connectivity index (χ2n) is 5.87. The molecule has 138 valence electrons. The minimum Gasteiger partial charge on any atom is -0.497 e. The summed E-state index contributed by atoms with van der Waals surface area (Å²) >= 11 is 0. The fraction of sp³-hybridized carbons (Fsp3) is 0.389. The second kappa shape index (κ2) is 7.90. The van der Waals surface area contributed by atoms with Crippen molar-refractivity contribution in [3.05, 3.63) is 36.0 Å². The number of hydrogen-bond donors (Lipinski definition) is 1. The summed E-state index contributed by atoms with van der Waals surface area (Å²) in [4.78, 5) is 27.7. The summed E-state index contributed by atoms with van der Waals surface area (Å²) in [6, 6.07) is 9.21. The Hall–Kier alpha value is -3.03. The zero-order valence-electron chi connectivity index (χ0n) is 14.9. The Labute approximate surface area is 151 Å². The number of H-pyrrole nitrogens is 1. The first-order valence-corrected chi connectivity index (χ1v) is 8.53. The highest BCUT2D eigenvalue weighted by Crippen LogP contribution is 2.21. The van der Waals surface area contributed by atoms with Crippen LogP contribution in [0.25, 0.3) is 11.3 Å². The van der Waals surface area contributed by atoms with Gasteiger partial charge in [0.15, 0.2) is 0 Å². The van der Waals surface area contributed by atoms with Gasteiger partial charge < -0.3 is 19.3 Å². The van der Waals surface area contributed by atoms with Crippen LogP contribution in [0.15, 0.2) is 30.3 Å². The number of benzene rings is 1. The molecule has 0 atom stereocenters. The Bertz CT molecular complexity index is 764. The number of aromatic nitrogens is 2. The van der Waals surface area contributed by atoms with Crippen molar-refractivity contribution in [1.82, 2.24) is 20.0 Å². The van der Waals surface area contributed by atoms with Gasteiger partial charge >= 0.3 is 6.09 Å². The first-order valence-electron chi connectivity index (χ1n) is 8.53. The Kier molecular flexibility index (Phi) is 5.40. The molecule has 1 saturated heterocycles. The Morgan fingerprint density at radius 3 is 2.38 bits per heavy atom. The normalized spacial score (nSPS) is 14.2. The van der Waals surface area contributed by atoms with Gasteiger partial charge in [0.2, 0.25) is 0 Å². The molecular formula is C18H22N4O4. The molecule has 0 unspecified atom stereocenters. The first-order chi connectivity index (χ1) is 12.6. The summed E-state index contributed by atoms with van der Waals surface area (Å²) in [5.41, 5.74) is 2.02. The van der Waals surface area contributed by atoms with Crippen LogP contribution in [0.2, 0.25) is 0 Å². The van der Waals surface area contributed by atoms with Crippen LogP contribution in [-0.2, 0) is 4.74 Å². The van der Waals surface area contributed by atoms with E-state index in [0.717, 1.165) is 11.3 Å². The van der Waals surface area contributed by atoms with Crippen molar-refractivity contribution < 1.29 is 19.1 Å². The van der Waals surface area contributed by atoms with E-state index >= 15 is 0 Å². The van der Waals surface area contributed by atoms with Crippen LogP contribution in [0, 0.1) is 0 Å². The van der Waals surface area contributed by atoms with Crippen LogP contribution < -0.4 is 4.74 Å². The van der Waals surface area contributed by atoms with Crippen LogP contribution >= 0.6 is 0 Å². The van der Waals surface area contributed by atoms with Crippen LogP contribution in [0.5, 0.6) is 5.75 Å². The van der Waals surface area contributed by atoms with Gasteiger partial charge in [-0.25, -0.2) is 4.79 Å². The number of nitrogens with zero attached hydrogens (tertiary/aromatic N) is 3. The van der Waals surface area contributed by atoms with Gasteiger partial charge in [-0.2, -0.15) is 5.10 Å². The average molecular weight is 358 g/mol. The maximum atomic E-state index is 12.6. The average Bonchev–Trinajstić information content (AvgIpc) is 3.18. The van der Waals surface area contributed by atoms with Crippen LogP contribution in [-0.4, -0.2) is 71.9 Å². The molecule has 2 heterocycles. The minimum atomic E-state index is -0.331. The standard InChI is InChI=1S/C18H22N4O4/c1-3-26-18(24)22-10-8-21(9-11-22)17(23)16-12-15(19-20-16)13-4-6-14(25-2)7-5-13/h4-7,12H,3,8-11H2,1-2H3,(H,19,20). The highest BCUT2D eigenvalue weighted by Gasteiger charge is 2.26. The lowest BCUT2D eigenvalue weighted by atomic mass is 10.1. The van der Waals surface area contributed by atoms with E-state index in [9.17, 15) is 9.59 Å². The van der Waals surface area contributed by atoms with Crippen molar-refractivity contribution in [3.8, 4) is 17.0 Å². The number of piperazine rings is 1. The monoisotopic (exact) mass is 358 g/mol. The molecule has 0 aliphatic carbocycles. The Morgan fingerprint density at radius 2 is 1.77 bits per heavy atom. The van der Waals surface area contributed by atoms with Crippen molar-refractivity contribution in [3.63, 3.8) is 0 Å². The number of hydrogen-bond acceptors (Lipinski definition) is 5. The van der Waals surface area contributed by atoms with E-state index in [1.807, 2.05) is 24.3 Å². The van der Waals surface area contributed by atoms with Crippen molar-refractivity contribution in [2.75, 3.05) is 39.9 Å². The van der Waals surface area contributed by atoms with Crippen LogP contribution in [0.3, 0.4) is 0 Å². The van der Waals surface area contributed by atoms with Crippen LogP contribution in [0.4, 0.5) is 4.79 Å². The Morgan fingerprint density at radius 1 is 1.12 bits per heavy atom. The third-order valence-corrected chi connectivity index (χ3v) is 4.29. The molecule has 0 radical (unpaired) electrons. The molecule has 2 aromatic rings. The number of methoxy groups -OCH3 is 1. The topological polar surface area (TPSA) is 87.8 Å². The van der Waals surface area contributed by atoms with Gasteiger partial charge in [0.25, 0.3) is 5.91 Å². The summed E-state index contributed by atoms with van der Waals surface area (Å²) in [6.07, 6.45) is -0.331. The molecule has 1 aromatic heterocycles. The predicted molar refractivity (Wildman–Crippen MR) is 95.1 cm³/mol. The van der Waals surface area contributed by atoms with Gasteiger partial charge in [0.1, 0.15) is 11.4 Å². The number of carbonyl (C=O) groups excluding carboxylic acids is 2. The van der Waals surface area contributed by atoms with Gasteiger partial charge in [0.05, 0.1) is 19.4 Å². The van der Waals surface area contributed by atoms with Crippen molar-refractivity contribution in [2.24, 2.45) is 0 Å². The molecule has 1 aliphatic rings. The highest BCUT2D eigenvalue weighted by atomic mass is 16.6. The molecule has 0 bridgehead atoms. The Balaban J connectivity index is 1.62. The van der Waals surface area contributed by atoms with E-state index in [1.54, 1.807) is 29.9 Å². The summed E-state index contributed by atoms with van der Waals surface area (Å²) in [6.45, 7) is 3.98. The van der Waals surface area contributed by atoms with E-state index in [0.29, 0.717) is 44.2 Å². The molecule has 2 amide bonds. The first kappa shape index (κ1) is 17.8. The maximum absolute atomic E-state index is 12.6. The number of carbonyl (C=O) groups is 2. The smallest absolute Gasteiger partial charge is 0.409 e. The van der Waals surface area contributed by atoms with Gasteiger partial charge in [0, 0.05) is 31.7 Å². The molecule has 8 nitrogen and oxygen atoms in total. The fourth-order valence-corrected chi connectivity index (χ4v) is 2.82. The van der Waals surface area contributed by atoms with E-state index in [-0.39, 0.29) is 12.0 Å². The fourth-order valence-electron chi connectivity index (χ4n) is 2.82. The third-order valence-electron chi connectivity index (χ3n) is 4.29. The highest BCUT2D eigenvalue weighted by molar-refractivity contribution is 5.93. The number of aromatic amines is 1. The second-order valence-corrected chi connectivity index (χ2v) is 5.87. The van der Waals surface area contributed by atoms with E-state index in [2.05, 4.69) is 10.2 Å². The zero-order chi connectivity index (χ0) is 18.5. The molecule has 1 aromatic carbocycles. The lowest BCUT2D eigenvalue weighted by Gasteiger charge is -2.33. The lowest BCUT2D eigenvalue weighted by molar-refractivity contribution is 0.0566. The molecule has 1 fully saturated rings. The largest absolute Gasteiger partial charge is 0.497 e. The summed E-state index contributed by atoms with van der Waals surface area (Å²) < 4.78 is 10.1. The summed E-state index contributed by atoms with van der Waals surface area (Å²) in [5.74, 6) is 0.640. The molecule has 8 heteroatoms. The molecule has 0 saturated carbocycles. The molecule has 26 heavy (non-hydrogen) atoms. The van der Waals surface area contributed by atoms with Gasteiger partial charge in [-0.05, 0) is 37.3 Å². The number of nitrogens with one attached hydrogen (secondary N) is 1. The van der Waals surface area contributed by atoms with Gasteiger partial charge in [-0.1, -0.05) is 0 Å². The summed E-state index contributed by atoms with van der Waals surface area (Å²) in [5, 5.41) is 7.03. The van der Waals surface area contributed by atoms with E-state index < -0.39 is 0 Å². The lowest BCUT2D eigenvalue weighted by Crippen LogP contribution is -2.50. The third kappa shape index (κ3) is 3.79. The zero-order valence-corrected chi connectivity index (χ0v) is 14.9. The number of rotatable bonds is 4. The van der Waals surface area contributed by atoms with Gasteiger partial charge in [-0.15, -0.1) is 0 Å². The van der Waals surface area contributed by atoms with Gasteiger partial charge in [-0.3, -0.25) is 9.89 Å². The van der Waals surface area contributed by atoms with E-state index in [1.165, 1.54) is 0 Å². The molecule has 1 N–H and O–H groups in total. The number of ether oxygens (including phenoxy) is 2.